The van der Waals surface area contributed by atoms with Crippen LogP contribution in [0.2, 0.25) is 0 Å². The fourth-order valence-electron chi connectivity index (χ4n) is 3.86. The lowest BCUT2D eigenvalue weighted by atomic mass is 9.90. The van der Waals surface area contributed by atoms with Crippen molar-refractivity contribution in [2.75, 3.05) is 5.75 Å². The molecular formula is C23H25BrN4OS3. The molecule has 168 valence electrons. The minimum atomic E-state index is -0.132. The molecule has 5 nitrogen and oxygen atoms in total. The van der Waals surface area contributed by atoms with E-state index in [1.165, 1.54) is 16.0 Å². The maximum Gasteiger partial charge on any atom is 0.198 e. The van der Waals surface area contributed by atoms with Crippen molar-refractivity contribution in [3.8, 4) is 0 Å². The highest BCUT2D eigenvalue weighted by Crippen LogP contribution is 2.42. The van der Waals surface area contributed by atoms with Crippen molar-refractivity contribution in [3.05, 3.63) is 44.7 Å². The Balaban J connectivity index is 1.60. The first-order chi connectivity index (χ1) is 15.5. The van der Waals surface area contributed by atoms with E-state index in [4.69, 9.17) is 14.8 Å². The molecule has 4 aromatic rings. The molecule has 0 aliphatic carbocycles. The van der Waals surface area contributed by atoms with Gasteiger partial charge in [0, 0.05) is 27.3 Å². The molecule has 1 aliphatic rings. The van der Waals surface area contributed by atoms with Crippen LogP contribution in [0.25, 0.3) is 15.9 Å². The monoisotopic (exact) mass is 548 g/mol. The normalized spacial score (nSPS) is 18.5. The second-order valence-electron chi connectivity index (χ2n) is 8.25. The summed E-state index contributed by atoms with van der Waals surface area (Å²) in [5, 5.41) is 12.4. The summed E-state index contributed by atoms with van der Waals surface area (Å²) in [6.45, 7) is 7.26. The minimum Gasteiger partial charge on any atom is -0.369 e. The van der Waals surface area contributed by atoms with Crippen molar-refractivity contribution in [1.82, 2.24) is 19.6 Å². The lowest BCUT2D eigenvalue weighted by molar-refractivity contribution is -0.0542. The topological polar surface area (TPSA) is 52.3 Å². The Morgan fingerprint density at radius 1 is 1.16 bits per heavy atom. The molecule has 0 saturated carbocycles. The van der Waals surface area contributed by atoms with Gasteiger partial charge in [-0.05, 0) is 43.0 Å². The molecule has 0 amide bonds. The number of hydrogen-bond acceptors (Lipinski definition) is 7. The van der Waals surface area contributed by atoms with Crippen LogP contribution >= 0.6 is 50.8 Å². The number of nitrogens with zero attached hydrogens (tertiary/aromatic N) is 4. The average Bonchev–Trinajstić information content (AvgIpc) is 3.38. The second kappa shape index (κ2) is 9.25. The molecule has 3 aromatic heterocycles. The van der Waals surface area contributed by atoms with Gasteiger partial charge in [-0.3, -0.25) is 0 Å². The van der Waals surface area contributed by atoms with E-state index in [-0.39, 0.29) is 5.60 Å². The number of benzene rings is 1. The summed E-state index contributed by atoms with van der Waals surface area (Å²) in [7, 11) is 0. The molecule has 5 rings (SSSR count). The minimum absolute atomic E-state index is 0.132. The zero-order valence-electron chi connectivity index (χ0n) is 18.4. The highest BCUT2D eigenvalue weighted by Gasteiger charge is 2.33. The zero-order valence-corrected chi connectivity index (χ0v) is 22.4. The standard InChI is InChI=1S/C23H25BrN4OS3/c1-4-10-30-21-25-20-18(16-11-23(3,5-2)29-12-17(16)32-20)19-26-27-22(28(19)21)31-13-14-6-8-15(24)9-7-14/h6-9H,4-5,10-13H2,1-3H3. The van der Waals surface area contributed by atoms with E-state index in [1.54, 1.807) is 34.9 Å². The van der Waals surface area contributed by atoms with Gasteiger partial charge in [-0.25, -0.2) is 9.38 Å². The van der Waals surface area contributed by atoms with Crippen molar-refractivity contribution in [1.29, 1.82) is 0 Å². The van der Waals surface area contributed by atoms with Gasteiger partial charge in [0.25, 0.3) is 0 Å². The molecule has 0 radical (unpaired) electrons. The van der Waals surface area contributed by atoms with Gasteiger partial charge in [0.1, 0.15) is 4.83 Å². The van der Waals surface area contributed by atoms with Crippen molar-refractivity contribution >= 4 is 66.7 Å². The van der Waals surface area contributed by atoms with Crippen LogP contribution in [0.1, 0.15) is 49.6 Å². The number of aromatic nitrogens is 4. The van der Waals surface area contributed by atoms with Crippen LogP contribution < -0.4 is 0 Å². The molecule has 0 bridgehead atoms. The van der Waals surface area contributed by atoms with Crippen LogP contribution in [0.3, 0.4) is 0 Å². The molecule has 0 spiro atoms. The molecule has 1 unspecified atom stereocenters. The summed E-state index contributed by atoms with van der Waals surface area (Å²) in [6, 6.07) is 8.44. The molecule has 32 heavy (non-hydrogen) atoms. The Morgan fingerprint density at radius 3 is 2.72 bits per heavy atom. The smallest absolute Gasteiger partial charge is 0.198 e. The number of halogens is 1. The van der Waals surface area contributed by atoms with Crippen LogP contribution in [-0.2, 0) is 23.5 Å². The van der Waals surface area contributed by atoms with E-state index in [0.29, 0.717) is 6.61 Å². The molecule has 4 heterocycles. The number of rotatable bonds is 7. The average molecular weight is 550 g/mol. The van der Waals surface area contributed by atoms with Gasteiger partial charge in [0.2, 0.25) is 0 Å². The highest BCUT2D eigenvalue weighted by atomic mass is 79.9. The van der Waals surface area contributed by atoms with E-state index < -0.39 is 0 Å². The Labute approximate surface area is 208 Å². The molecule has 0 fully saturated rings. The summed E-state index contributed by atoms with van der Waals surface area (Å²) in [5.74, 6) is 1.86. The lowest BCUT2D eigenvalue weighted by Crippen LogP contribution is -2.33. The van der Waals surface area contributed by atoms with Gasteiger partial charge < -0.3 is 4.74 Å². The van der Waals surface area contributed by atoms with Crippen LogP contribution in [0.4, 0.5) is 0 Å². The van der Waals surface area contributed by atoms with E-state index in [9.17, 15) is 0 Å². The molecule has 0 N–H and O–H groups in total. The van der Waals surface area contributed by atoms with Crippen molar-refractivity contribution in [2.24, 2.45) is 0 Å². The molecule has 1 atom stereocenters. The predicted octanol–water partition coefficient (Wildman–Crippen LogP) is 7.14. The largest absolute Gasteiger partial charge is 0.369 e. The first kappa shape index (κ1) is 22.7. The van der Waals surface area contributed by atoms with E-state index in [2.05, 4.69) is 70.5 Å². The summed E-state index contributed by atoms with van der Waals surface area (Å²) in [6.07, 6.45) is 2.98. The highest BCUT2D eigenvalue weighted by molar-refractivity contribution is 9.10. The Morgan fingerprint density at radius 2 is 1.97 bits per heavy atom. The molecule has 9 heteroatoms. The second-order valence-corrected chi connectivity index (χ2v) is 12.3. The molecule has 0 saturated heterocycles. The van der Waals surface area contributed by atoms with E-state index in [1.807, 2.05) is 0 Å². The van der Waals surface area contributed by atoms with Gasteiger partial charge in [-0.2, -0.15) is 0 Å². The number of thiophene rings is 1. The summed E-state index contributed by atoms with van der Waals surface area (Å²) in [4.78, 5) is 7.45. The van der Waals surface area contributed by atoms with Crippen LogP contribution in [-0.4, -0.2) is 30.9 Å². The maximum absolute atomic E-state index is 6.21. The zero-order chi connectivity index (χ0) is 22.3. The molecular weight excluding hydrogens is 524 g/mol. The Kier molecular flexibility index (Phi) is 6.55. The van der Waals surface area contributed by atoms with E-state index >= 15 is 0 Å². The Hall–Kier alpha value is -1.13. The number of hydrogen-bond donors (Lipinski definition) is 0. The van der Waals surface area contributed by atoms with E-state index in [0.717, 1.165) is 61.4 Å². The third kappa shape index (κ3) is 4.22. The number of thioether (sulfide) groups is 2. The SMILES string of the molecule is CCCSc1nc2sc3c(c2c2nnc(SCc4ccc(Br)cc4)n12)CC(C)(CC)OC3. The van der Waals surface area contributed by atoms with Crippen LogP contribution in [0.5, 0.6) is 0 Å². The third-order valence-corrected chi connectivity index (χ3v) is 9.66. The van der Waals surface area contributed by atoms with Gasteiger partial charge in [-0.1, -0.05) is 65.4 Å². The first-order valence-electron chi connectivity index (χ1n) is 10.8. The fourth-order valence-corrected chi connectivity index (χ4v) is 7.07. The number of fused-ring (bicyclic) bond motifs is 5. The summed E-state index contributed by atoms with van der Waals surface area (Å²) in [5.41, 5.74) is 3.41. The summed E-state index contributed by atoms with van der Waals surface area (Å²) < 4.78 is 9.48. The molecule has 1 aliphatic heterocycles. The summed E-state index contributed by atoms with van der Waals surface area (Å²) >= 11 is 8.76. The van der Waals surface area contributed by atoms with Crippen molar-refractivity contribution in [3.63, 3.8) is 0 Å². The predicted molar refractivity (Wildman–Crippen MR) is 138 cm³/mol. The van der Waals surface area contributed by atoms with Crippen molar-refractivity contribution in [2.45, 2.75) is 68.3 Å². The molecule has 1 aromatic carbocycles. The van der Waals surface area contributed by atoms with Gasteiger partial charge >= 0.3 is 0 Å². The number of ether oxygens (including phenoxy) is 1. The third-order valence-electron chi connectivity index (χ3n) is 5.88. The van der Waals surface area contributed by atoms with Gasteiger partial charge in [-0.15, -0.1) is 21.5 Å². The quantitative estimate of drug-likeness (QED) is 0.181. The first-order valence-corrected chi connectivity index (χ1v) is 14.4. The van der Waals surface area contributed by atoms with Gasteiger partial charge in [0.05, 0.1) is 17.6 Å². The van der Waals surface area contributed by atoms with Crippen molar-refractivity contribution < 1.29 is 4.74 Å². The van der Waals surface area contributed by atoms with Crippen LogP contribution in [0, 0.1) is 0 Å². The van der Waals surface area contributed by atoms with Crippen LogP contribution in [0.15, 0.2) is 39.1 Å². The van der Waals surface area contributed by atoms with Gasteiger partial charge in [0.15, 0.2) is 16.0 Å². The lowest BCUT2D eigenvalue weighted by Gasteiger charge is -2.33. The fraction of sp³-hybridized carbons (Fsp3) is 0.435. The Bertz CT molecular complexity index is 1270. The maximum atomic E-state index is 6.21.